The Labute approximate surface area is 148 Å². The summed E-state index contributed by atoms with van der Waals surface area (Å²) in [7, 11) is 0. The number of aliphatic hydroxyl groups is 2. The van der Waals surface area contributed by atoms with Crippen molar-refractivity contribution in [1.82, 2.24) is 10.6 Å². The van der Waals surface area contributed by atoms with Crippen LogP contribution in [0.5, 0.6) is 0 Å². The van der Waals surface area contributed by atoms with Crippen LogP contribution in [0.25, 0.3) is 0 Å². The van der Waals surface area contributed by atoms with Crippen LogP contribution in [0.3, 0.4) is 0 Å². The van der Waals surface area contributed by atoms with Gasteiger partial charge in [-0.1, -0.05) is 60.7 Å². The van der Waals surface area contributed by atoms with E-state index in [0.717, 1.165) is 11.1 Å². The van der Waals surface area contributed by atoms with Crippen LogP contribution in [0.2, 0.25) is 0 Å². The molecule has 0 aliphatic rings. The second-order valence-electron chi connectivity index (χ2n) is 6.32. The zero-order valence-corrected chi connectivity index (χ0v) is 14.5. The summed E-state index contributed by atoms with van der Waals surface area (Å²) < 4.78 is 0. The van der Waals surface area contributed by atoms with E-state index in [2.05, 4.69) is 10.6 Å². The third-order valence-electron chi connectivity index (χ3n) is 4.25. The molecule has 0 radical (unpaired) electrons. The predicted octanol–water partition coefficient (Wildman–Crippen LogP) is 2.36. The van der Waals surface area contributed by atoms with E-state index >= 15 is 0 Å². The molecule has 2 unspecified atom stereocenters. The summed E-state index contributed by atoms with van der Waals surface area (Å²) in [6.07, 6.45) is 0.575. The molecule has 2 amide bonds. The minimum absolute atomic E-state index is 0.0478. The second-order valence-corrected chi connectivity index (χ2v) is 6.32. The first-order valence-corrected chi connectivity index (χ1v) is 8.48. The molecule has 0 aromatic heterocycles. The summed E-state index contributed by atoms with van der Waals surface area (Å²) in [5.41, 5.74) is 0.689. The molecule has 25 heavy (non-hydrogen) atoms. The fourth-order valence-electron chi connectivity index (χ4n) is 2.70. The van der Waals surface area contributed by atoms with Gasteiger partial charge in [0.15, 0.2) is 0 Å². The van der Waals surface area contributed by atoms with Gasteiger partial charge in [0.2, 0.25) is 0 Å². The average Bonchev–Trinajstić information content (AvgIpc) is 2.65. The molecule has 0 saturated heterocycles. The number of nitrogens with one attached hydrogen (secondary N) is 2. The Morgan fingerprint density at radius 2 is 1.64 bits per heavy atom. The van der Waals surface area contributed by atoms with Gasteiger partial charge in [-0.3, -0.25) is 0 Å². The lowest BCUT2D eigenvalue weighted by Gasteiger charge is -2.24. The zero-order chi connectivity index (χ0) is 18.1. The molecule has 0 heterocycles. The molecule has 2 aromatic rings. The van der Waals surface area contributed by atoms with E-state index in [1.807, 2.05) is 60.7 Å². The number of hydrogen-bond donors (Lipinski definition) is 4. The summed E-state index contributed by atoms with van der Waals surface area (Å²) in [4.78, 5) is 12.1. The van der Waals surface area contributed by atoms with Crippen LogP contribution in [0.4, 0.5) is 4.79 Å². The third kappa shape index (κ3) is 5.89. The van der Waals surface area contributed by atoms with Gasteiger partial charge in [0.05, 0.1) is 6.54 Å². The Balaban J connectivity index is 1.85. The van der Waals surface area contributed by atoms with Gasteiger partial charge in [0.25, 0.3) is 0 Å². The Hall–Kier alpha value is -2.37. The molecule has 0 saturated carbocycles. The van der Waals surface area contributed by atoms with E-state index in [9.17, 15) is 15.0 Å². The number of amides is 2. The minimum Gasteiger partial charge on any atom is -0.396 e. The first-order chi connectivity index (χ1) is 12.0. The number of carbonyl (C=O) groups excluding carboxylic acids is 1. The molecule has 5 nitrogen and oxygen atoms in total. The predicted molar refractivity (Wildman–Crippen MR) is 98.3 cm³/mol. The Morgan fingerprint density at radius 1 is 1.04 bits per heavy atom. The Kier molecular flexibility index (Phi) is 6.98. The SMILES string of the molecule is CC(O)(CNC(=O)NCC(CCO)c1ccccc1)c1ccccc1. The van der Waals surface area contributed by atoms with Crippen LogP contribution in [0.1, 0.15) is 30.4 Å². The van der Waals surface area contributed by atoms with Gasteiger partial charge in [0, 0.05) is 19.1 Å². The van der Waals surface area contributed by atoms with Crippen LogP contribution in [0.15, 0.2) is 60.7 Å². The molecule has 2 rings (SSSR count). The number of urea groups is 1. The quantitative estimate of drug-likeness (QED) is 0.594. The molecule has 134 valence electrons. The first kappa shape index (κ1) is 19.0. The van der Waals surface area contributed by atoms with Crippen molar-refractivity contribution < 1.29 is 15.0 Å². The smallest absolute Gasteiger partial charge is 0.314 e. The van der Waals surface area contributed by atoms with Crippen LogP contribution >= 0.6 is 0 Å². The molecule has 2 atom stereocenters. The molecule has 4 N–H and O–H groups in total. The summed E-state index contributed by atoms with van der Waals surface area (Å²) in [6.45, 7) is 2.26. The maximum Gasteiger partial charge on any atom is 0.314 e. The fraction of sp³-hybridized carbons (Fsp3) is 0.350. The van der Waals surface area contributed by atoms with Crippen molar-refractivity contribution in [1.29, 1.82) is 0 Å². The highest BCUT2D eigenvalue weighted by molar-refractivity contribution is 5.74. The van der Waals surface area contributed by atoms with Crippen molar-refractivity contribution in [2.75, 3.05) is 19.7 Å². The zero-order valence-electron chi connectivity index (χ0n) is 14.5. The van der Waals surface area contributed by atoms with E-state index in [4.69, 9.17) is 0 Å². The normalized spacial score (nSPS) is 14.4. The molecule has 0 fully saturated rings. The maximum atomic E-state index is 12.1. The third-order valence-corrected chi connectivity index (χ3v) is 4.25. The molecule has 5 heteroatoms. The Morgan fingerprint density at radius 3 is 2.24 bits per heavy atom. The van der Waals surface area contributed by atoms with E-state index in [1.165, 1.54) is 0 Å². The van der Waals surface area contributed by atoms with Gasteiger partial charge < -0.3 is 20.8 Å². The first-order valence-electron chi connectivity index (χ1n) is 8.48. The molecule has 0 aliphatic heterocycles. The van der Waals surface area contributed by atoms with Crippen molar-refractivity contribution in [3.05, 3.63) is 71.8 Å². The lowest BCUT2D eigenvalue weighted by Crippen LogP contribution is -2.44. The number of aliphatic hydroxyl groups excluding tert-OH is 1. The van der Waals surface area contributed by atoms with Gasteiger partial charge in [-0.25, -0.2) is 4.79 Å². The summed E-state index contributed by atoms with van der Waals surface area (Å²) in [5.74, 6) is 0.0478. The lowest BCUT2D eigenvalue weighted by molar-refractivity contribution is 0.0594. The highest BCUT2D eigenvalue weighted by atomic mass is 16.3. The minimum atomic E-state index is -1.14. The second kappa shape index (κ2) is 9.20. The molecule has 2 aromatic carbocycles. The van der Waals surface area contributed by atoms with E-state index in [0.29, 0.717) is 13.0 Å². The maximum absolute atomic E-state index is 12.1. The highest BCUT2D eigenvalue weighted by Crippen LogP contribution is 2.19. The van der Waals surface area contributed by atoms with Crippen molar-refractivity contribution >= 4 is 6.03 Å². The van der Waals surface area contributed by atoms with Crippen LogP contribution in [0, 0.1) is 0 Å². The highest BCUT2D eigenvalue weighted by Gasteiger charge is 2.23. The standard InChI is InChI=1S/C20H26N2O3/c1-20(25,18-10-6-3-7-11-18)15-22-19(24)21-14-17(12-13-23)16-8-4-2-5-9-16/h2-11,17,23,25H,12-15H2,1H3,(H2,21,22,24). The number of benzene rings is 2. The molecular formula is C20H26N2O3. The van der Waals surface area contributed by atoms with Gasteiger partial charge >= 0.3 is 6.03 Å². The van der Waals surface area contributed by atoms with Crippen molar-refractivity contribution in [2.24, 2.45) is 0 Å². The van der Waals surface area contributed by atoms with Crippen LogP contribution in [-0.2, 0) is 5.60 Å². The van der Waals surface area contributed by atoms with E-state index in [1.54, 1.807) is 6.92 Å². The molecule has 0 spiro atoms. The lowest BCUT2D eigenvalue weighted by atomic mass is 9.96. The summed E-state index contributed by atoms with van der Waals surface area (Å²) >= 11 is 0. The summed E-state index contributed by atoms with van der Waals surface area (Å²) in [6, 6.07) is 18.7. The van der Waals surface area contributed by atoms with Crippen LogP contribution < -0.4 is 10.6 Å². The largest absolute Gasteiger partial charge is 0.396 e. The Bertz CT molecular complexity index is 645. The monoisotopic (exact) mass is 342 g/mol. The van der Waals surface area contributed by atoms with Gasteiger partial charge in [-0.05, 0) is 24.5 Å². The van der Waals surface area contributed by atoms with Crippen molar-refractivity contribution in [2.45, 2.75) is 24.9 Å². The van der Waals surface area contributed by atoms with Crippen LogP contribution in [-0.4, -0.2) is 35.9 Å². The molecule has 0 bridgehead atoms. The van der Waals surface area contributed by atoms with Crippen molar-refractivity contribution in [3.63, 3.8) is 0 Å². The van der Waals surface area contributed by atoms with Gasteiger partial charge in [-0.15, -0.1) is 0 Å². The van der Waals surface area contributed by atoms with Gasteiger partial charge in [0.1, 0.15) is 5.60 Å². The summed E-state index contributed by atoms with van der Waals surface area (Å²) in [5, 5.41) is 25.3. The number of carbonyl (C=O) groups is 1. The topological polar surface area (TPSA) is 81.6 Å². The molecule has 0 aliphatic carbocycles. The number of hydrogen-bond acceptors (Lipinski definition) is 3. The fourth-order valence-corrected chi connectivity index (χ4v) is 2.70. The van der Waals surface area contributed by atoms with Gasteiger partial charge in [-0.2, -0.15) is 0 Å². The van der Waals surface area contributed by atoms with E-state index in [-0.39, 0.29) is 25.1 Å². The molecular weight excluding hydrogens is 316 g/mol. The van der Waals surface area contributed by atoms with E-state index < -0.39 is 5.60 Å². The van der Waals surface area contributed by atoms with Crippen molar-refractivity contribution in [3.8, 4) is 0 Å². The average molecular weight is 342 g/mol. The number of rotatable bonds is 8.